The van der Waals surface area contributed by atoms with Crippen LogP contribution in [0, 0.1) is 5.21 Å². The lowest BCUT2D eigenvalue weighted by atomic mass is 10.2. The van der Waals surface area contributed by atoms with Crippen LogP contribution < -0.4 is 4.90 Å². The van der Waals surface area contributed by atoms with Crippen LogP contribution in [0.15, 0.2) is 53.1 Å². The third-order valence-corrected chi connectivity index (χ3v) is 4.08. The number of furan rings is 1. The molecule has 1 aliphatic heterocycles. The summed E-state index contributed by atoms with van der Waals surface area (Å²) in [4.78, 5) is 27.7. The van der Waals surface area contributed by atoms with Crippen molar-refractivity contribution in [2.75, 3.05) is 18.0 Å². The van der Waals surface area contributed by atoms with E-state index < -0.39 is 6.04 Å². The Bertz CT molecular complexity index is 771. The summed E-state index contributed by atoms with van der Waals surface area (Å²) >= 11 is 0. The molecule has 3 rings (SSSR count). The minimum absolute atomic E-state index is 0.0465. The second-order valence-electron chi connectivity index (χ2n) is 5.87. The van der Waals surface area contributed by atoms with Crippen LogP contribution in [0.2, 0.25) is 0 Å². The molecule has 130 valence electrons. The molecule has 0 radical (unpaired) electrons. The minimum Gasteiger partial charge on any atom is -0.624 e. The molecule has 1 aromatic heterocycles. The Morgan fingerprint density at radius 3 is 2.72 bits per heavy atom. The third-order valence-electron chi connectivity index (χ3n) is 4.08. The van der Waals surface area contributed by atoms with Crippen molar-refractivity contribution < 1.29 is 18.7 Å². The van der Waals surface area contributed by atoms with E-state index in [9.17, 15) is 14.8 Å². The molecule has 2 aromatic rings. The van der Waals surface area contributed by atoms with Gasteiger partial charge in [-0.15, -0.1) is 0 Å². The quantitative estimate of drug-likeness (QED) is 0.362. The third kappa shape index (κ3) is 3.71. The molecule has 1 atom stereocenters. The van der Waals surface area contributed by atoms with Crippen molar-refractivity contribution in [3.05, 3.63) is 59.7 Å². The first kappa shape index (κ1) is 16.8. The summed E-state index contributed by atoms with van der Waals surface area (Å²) in [5.41, 5.74) is 0.757. The van der Waals surface area contributed by atoms with Gasteiger partial charge in [-0.25, -0.2) is 9.53 Å². The standard InChI is InChI=1S/C18H19N3O4/c1-14(21(24)13-16-8-5-11-25-16)12-17(22)20-10-9-19(18(20)23)15-6-3-2-4-7-15/h2-8,11,13-14H,9-10,12H2,1H3/b21-13-. The van der Waals surface area contributed by atoms with Gasteiger partial charge in [0.05, 0.1) is 12.7 Å². The van der Waals surface area contributed by atoms with Crippen LogP contribution in [0.25, 0.3) is 0 Å². The predicted molar refractivity (Wildman–Crippen MR) is 92.5 cm³/mol. The Kier molecular flexibility index (Phi) is 4.83. The molecule has 1 saturated heterocycles. The number of carbonyl (C=O) groups is 2. The van der Waals surface area contributed by atoms with Gasteiger partial charge < -0.3 is 9.62 Å². The van der Waals surface area contributed by atoms with E-state index in [-0.39, 0.29) is 18.4 Å². The number of benzene rings is 1. The van der Waals surface area contributed by atoms with Crippen molar-refractivity contribution in [1.82, 2.24) is 4.90 Å². The number of anilines is 1. The molecule has 1 aromatic carbocycles. The first-order chi connectivity index (χ1) is 12.1. The van der Waals surface area contributed by atoms with Crippen LogP contribution >= 0.6 is 0 Å². The van der Waals surface area contributed by atoms with Gasteiger partial charge in [-0.05, 0) is 31.2 Å². The molecule has 0 bridgehead atoms. The van der Waals surface area contributed by atoms with Gasteiger partial charge in [0.25, 0.3) is 0 Å². The number of rotatable bonds is 5. The summed E-state index contributed by atoms with van der Waals surface area (Å²) in [6.07, 6.45) is 2.71. The maximum Gasteiger partial charge on any atom is 0.331 e. The highest BCUT2D eigenvalue weighted by atomic mass is 16.5. The Morgan fingerprint density at radius 1 is 1.28 bits per heavy atom. The molecule has 0 spiro atoms. The van der Waals surface area contributed by atoms with Gasteiger partial charge in [-0.2, -0.15) is 0 Å². The second-order valence-corrected chi connectivity index (χ2v) is 5.87. The van der Waals surface area contributed by atoms with Crippen LogP contribution in [0.5, 0.6) is 0 Å². The summed E-state index contributed by atoms with van der Waals surface area (Å²) < 4.78 is 5.76. The van der Waals surface area contributed by atoms with Crippen LogP contribution in [0.4, 0.5) is 10.5 Å². The summed E-state index contributed by atoms with van der Waals surface area (Å²) in [5, 5.41) is 12.1. The molecule has 0 N–H and O–H groups in total. The number of hydroxylamine groups is 1. The van der Waals surface area contributed by atoms with E-state index in [1.807, 2.05) is 30.3 Å². The number of hydrogen-bond acceptors (Lipinski definition) is 4. The van der Waals surface area contributed by atoms with Crippen molar-refractivity contribution >= 4 is 23.8 Å². The zero-order valence-electron chi connectivity index (χ0n) is 13.9. The zero-order valence-corrected chi connectivity index (χ0v) is 13.9. The molecule has 3 amide bonds. The summed E-state index contributed by atoms with van der Waals surface area (Å²) in [6.45, 7) is 2.41. The SMILES string of the molecule is CC(CC(=O)N1CCN(c2ccccc2)C1=O)/[N+]([O-])=C/c1ccco1. The maximum atomic E-state index is 12.5. The summed E-state index contributed by atoms with van der Waals surface area (Å²) in [7, 11) is 0. The second kappa shape index (κ2) is 7.21. The molecular weight excluding hydrogens is 322 g/mol. The van der Waals surface area contributed by atoms with Crippen LogP contribution in [0.3, 0.4) is 0 Å². The fourth-order valence-electron chi connectivity index (χ4n) is 2.69. The van der Waals surface area contributed by atoms with Gasteiger partial charge in [0.1, 0.15) is 0 Å². The van der Waals surface area contributed by atoms with E-state index in [2.05, 4.69) is 0 Å². The van der Waals surface area contributed by atoms with Crippen LogP contribution in [0.1, 0.15) is 19.1 Å². The van der Waals surface area contributed by atoms with Crippen LogP contribution in [-0.2, 0) is 4.79 Å². The molecular formula is C18H19N3O4. The lowest BCUT2D eigenvalue weighted by Crippen LogP contribution is -2.38. The summed E-state index contributed by atoms with van der Waals surface area (Å²) in [6, 6.07) is 11.6. The highest BCUT2D eigenvalue weighted by Gasteiger charge is 2.35. The Hall–Kier alpha value is -3.09. The Morgan fingerprint density at radius 2 is 2.04 bits per heavy atom. The summed E-state index contributed by atoms with van der Waals surface area (Å²) in [5.74, 6) is 0.0615. The number of urea groups is 1. The lowest BCUT2D eigenvalue weighted by Gasteiger charge is -2.19. The maximum absolute atomic E-state index is 12.5. The van der Waals surface area contributed by atoms with Gasteiger partial charge in [-0.1, -0.05) is 18.2 Å². The number of hydrogen-bond donors (Lipinski definition) is 0. The highest BCUT2D eigenvalue weighted by molar-refractivity contribution is 6.04. The molecule has 25 heavy (non-hydrogen) atoms. The first-order valence-corrected chi connectivity index (χ1v) is 8.07. The van der Waals surface area contributed by atoms with E-state index >= 15 is 0 Å². The molecule has 1 aliphatic rings. The van der Waals surface area contributed by atoms with E-state index in [1.165, 1.54) is 17.4 Å². The van der Waals surface area contributed by atoms with Crippen LogP contribution in [-0.4, -0.2) is 46.9 Å². The average molecular weight is 341 g/mol. The number of carbonyl (C=O) groups excluding carboxylic acids is 2. The lowest BCUT2D eigenvalue weighted by molar-refractivity contribution is -0.491. The molecule has 7 heteroatoms. The fraction of sp³-hybridized carbons (Fsp3) is 0.278. The van der Waals surface area contributed by atoms with E-state index in [0.717, 1.165) is 5.69 Å². The molecule has 0 aliphatic carbocycles. The van der Waals surface area contributed by atoms with Gasteiger partial charge in [0.2, 0.25) is 12.1 Å². The van der Waals surface area contributed by atoms with E-state index in [0.29, 0.717) is 23.6 Å². The normalized spacial score (nSPS) is 16.4. The topological polar surface area (TPSA) is 79.8 Å². The van der Waals surface area contributed by atoms with Crippen molar-refractivity contribution in [3.63, 3.8) is 0 Å². The molecule has 1 fully saturated rings. The number of nitrogens with zero attached hydrogens (tertiary/aromatic N) is 3. The fourth-order valence-corrected chi connectivity index (χ4v) is 2.69. The minimum atomic E-state index is -0.601. The number of amides is 3. The van der Waals surface area contributed by atoms with Crippen molar-refractivity contribution in [2.24, 2.45) is 0 Å². The molecule has 7 nitrogen and oxygen atoms in total. The Balaban J connectivity index is 1.63. The van der Waals surface area contributed by atoms with Crippen molar-refractivity contribution in [1.29, 1.82) is 0 Å². The van der Waals surface area contributed by atoms with Gasteiger partial charge in [0, 0.05) is 18.8 Å². The highest BCUT2D eigenvalue weighted by Crippen LogP contribution is 2.20. The number of para-hydroxylation sites is 1. The van der Waals surface area contributed by atoms with Crippen molar-refractivity contribution in [2.45, 2.75) is 19.4 Å². The van der Waals surface area contributed by atoms with E-state index in [1.54, 1.807) is 24.0 Å². The Labute approximate surface area is 145 Å². The van der Waals surface area contributed by atoms with E-state index in [4.69, 9.17) is 4.42 Å². The zero-order chi connectivity index (χ0) is 17.8. The van der Waals surface area contributed by atoms with Gasteiger partial charge >= 0.3 is 6.03 Å². The molecule has 0 saturated carbocycles. The molecule has 2 heterocycles. The van der Waals surface area contributed by atoms with Gasteiger partial charge in [0.15, 0.2) is 11.8 Å². The van der Waals surface area contributed by atoms with Gasteiger partial charge in [-0.3, -0.25) is 14.6 Å². The average Bonchev–Trinajstić information content (AvgIpc) is 3.25. The predicted octanol–water partition coefficient (Wildman–Crippen LogP) is 2.46. The monoisotopic (exact) mass is 341 g/mol. The largest absolute Gasteiger partial charge is 0.624 e. The first-order valence-electron chi connectivity index (χ1n) is 8.07. The molecule has 1 unspecified atom stereocenters. The number of imide groups is 1. The smallest absolute Gasteiger partial charge is 0.331 e. The van der Waals surface area contributed by atoms with Crippen molar-refractivity contribution in [3.8, 4) is 0 Å².